The summed E-state index contributed by atoms with van der Waals surface area (Å²) < 4.78 is 14.7. The van der Waals surface area contributed by atoms with E-state index in [0.29, 0.717) is 23.5 Å². The second-order valence-corrected chi connectivity index (χ2v) is 7.42. The summed E-state index contributed by atoms with van der Waals surface area (Å²) >= 11 is 0. The van der Waals surface area contributed by atoms with Crippen molar-refractivity contribution in [3.05, 3.63) is 65.9 Å². The number of unbranched alkanes of at least 4 members (excludes halogenated alkanes) is 1. The zero-order valence-electron chi connectivity index (χ0n) is 16.6. The number of hydrogen-bond donors (Lipinski definition) is 2. The number of benzene rings is 1. The third-order valence-electron chi connectivity index (χ3n) is 3.99. The van der Waals surface area contributed by atoms with Crippen LogP contribution in [0.1, 0.15) is 44.0 Å². The molecule has 28 heavy (non-hydrogen) atoms. The van der Waals surface area contributed by atoms with E-state index in [9.17, 15) is 18.9 Å². The van der Waals surface area contributed by atoms with Gasteiger partial charge in [0.2, 0.25) is 0 Å². The van der Waals surface area contributed by atoms with Crippen molar-refractivity contribution in [1.82, 2.24) is 9.62 Å². The highest BCUT2D eigenvalue weighted by molar-refractivity contribution is 7.82. The molecule has 6 nitrogen and oxygen atoms in total. The van der Waals surface area contributed by atoms with Gasteiger partial charge in [0, 0.05) is 18.7 Å². The maximum absolute atomic E-state index is 12.8. The highest BCUT2D eigenvalue weighted by Crippen LogP contribution is 2.15. The second kappa shape index (κ2) is 12.0. The monoisotopic (exact) mass is 404 g/mol. The molecule has 1 rings (SSSR count). The minimum atomic E-state index is -1.36. The Morgan fingerprint density at radius 1 is 1.32 bits per heavy atom. The summed E-state index contributed by atoms with van der Waals surface area (Å²) in [6, 6.07) is 6.56. The van der Waals surface area contributed by atoms with E-state index in [-0.39, 0.29) is 11.3 Å². The predicted molar refractivity (Wildman–Crippen MR) is 112 cm³/mol. The molecule has 1 aromatic rings. The van der Waals surface area contributed by atoms with E-state index in [4.69, 9.17) is 0 Å². The lowest BCUT2D eigenvalue weighted by molar-refractivity contribution is -0.132. The summed E-state index contributed by atoms with van der Waals surface area (Å²) in [4.78, 5) is 24.5. The Kier molecular flexibility index (Phi) is 10.1. The average Bonchev–Trinajstić information content (AvgIpc) is 2.70. The quantitative estimate of drug-likeness (QED) is 0.435. The molecule has 1 atom stereocenters. The molecule has 0 fully saturated rings. The minimum Gasteiger partial charge on any atom is -0.478 e. The minimum absolute atomic E-state index is 0.0673. The van der Waals surface area contributed by atoms with Gasteiger partial charge in [-0.25, -0.2) is 13.3 Å². The molecule has 1 aromatic carbocycles. The molecule has 0 aromatic heterocycles. The van der Waals surface area contributed by atoms with Crippen molar-refractivity contribution in [2.24, 2.45) is 0 Å². The van der Waals surface area contributed by atoms with Crippen LogP contribution in [0, 0.1) is 0 Å². The fraction of sp³-hybridized carbons (Fsp3) is 0.333. The molecule has 0 aliphatic carbocycles. The molecule has 0 saturated heterocycles. The van der Waals surface area contributed by atoms with Gasteiger partial charge in [0.05, 0.1) is 16.2 Å². The lowest BCUT2D eigenvalue weighted by Crippen LogP contribution is -2.28. The van der Waals surface area contributed by atoms with Crippen LogP contribution in [0.25, 0.3) is 0 Å². The van der Waals surface area contributed by atoms with Gasteiger partial charge < -0.3 is 10.4 Å². The molecule has 2 N–H and O–H groups in total. The first-order chi connectivity index (χ1) is 13.4. The lowest BCUT2D eigenvalue weighted by Gasteiger charge is -2.19. The van der Waals surface area contributed by atoms with Crippen molar-refractivity contribution in [3.8, 4) is 0 Å². The topological polar surface area (TPSA) is 86.7 Å². The summed E-state index contributed by atoms with van der Waals surface area (Å²) in [7, 11) is -1.36. The van der Waals surface area contributed by atoms with Gasteiger partial charge in [-0.3, -0.25) is 4.79 Å². The number of allylic oxidation sites excluding steroid dienone is 3. The number of carboxylic acids is 1. The number of carbonyl (C=O) groups excluding carboxylic acids is 1. The molecule has 0 bridgehead atoms. The molecule has 0 aliphatic rings. The zero-order chi connectivity index (χ0) is 21.1. The van der Waals surface area contributed by atoms with Crippen LogP contribution >= 0.6 is 0 Å². The number of amides is 1. The number of nitrogens with zero attached hydrogens (tertiary/aromatic N) is 1. The highest BCUT2D eigenvalue weighted by atomic mass is 32.2. The Labute approximate surface area is 169 Å². The lowest BCUT2D eigenvalue weighted by atomic mass is 10.1. The van der Waals surface area contributed by atoms with E-state index in [1.54, 1.807) is 31.2 Å². The summed E-state index contributed by atoms with van der Waals surface area (Å²) in [6.45, 7) is 10.5. The van der Waals surface area contributed by atoms with Crippen molar-refractivity contribution >= 4 is 22.9 Å². The maximum Gasteiger partial charge on any atom is 0.337 e. The predicted octanol–water partition coefficient (Wildman–Crippen LogP) is 3.66. The summed E-state index contributed by atoms with van der Waals surface area (Å²) in [5.41, 5.74) is 0.407. The first kappa shape index (κ1) is 23.5. The maximum atomic E-state index is 12.8. The van der Waals surface area contributed by atoms with Crippen molar-refractivity contribution < 1.29 is 18.9 Å². The number of hydrogen-bond acceptors (Lipinski definition) is 3. The van der Waals surface area contributed by atoms with Crippen LogP contribution in [0.15, 0.2) is 65.2 Å². The van der Waals surface area contributed by atoms with Gasteiger partial charge in [0.1, 0.15) is 11.0 Å². The molecule has 0 spiro atoms. The van der Waals surface area contributed by atoms with Crippen LogP contribution in [0.5, 0.6) is 0 Å². The summed E-state index contributed by atoms with van der Waals surface area (Å²) in [5, 5.41) is 11.9. The first-order valence-electron chi connectivity index (χ1n) is 9.20. The number of rotatable bonds is 11. The van der Waals surface area contributed by atoms with Gasteiger partial charge >= 0.3 is 5.97 Å². The van der Waals surface area contributed by atoms with Crippen LogP contribution in [0.4, 0.5) is 0 Å². The van der Waals surface area contributed by atoms with E-state index in [1.165, 1.54) is 18.2 Å². The van der Waals surface area contributed by atoms with Gasteiger partial charge in [-0.05, 0) is 37.6 Å². The normalized spacial score (nSPS) is 13.3. The molecule has 0 radical (unpaired) electrons. The summed E-state index contributed by atoms with van der Waals surface area (Å²) in [6.07, 6.45) is 6.12. The second-order valence-electron chi connectivity index (χ2n) is 5.93. The van der Waals surface area contributed by atoms with Crippen molar-refractivity contribution in [3.63, 3.8) is 0 Å². The summed E-state index contributed by atoms with van der Waals surface area (Å²) in [5.74, 6) is -1.64. The van der Waals surface area contributed by atoms with Gasteiger partial charge in [-0.15, -0.1) is 0 Å². The van der Waals surface area contributed by atoms with E-state index >= 15 is 0 Å². The molecule has 152 valence electrons. The van der Waals surface area contributed by atoms with E-state index in [1.807, 2.05) is 11.2 Å². The Hall–Kier alpha value is -2.51. The Morgan fingerprint density at radius 3 is 2.57 bits per heavy atom. The molecular formula is C21H28N2O4S. The van der Waals surface area contributed by atoms with Crippen LogP contribution < -0.4 is 5.32 Å². The molecule has 7 heteroatoms. The average molecular weight is 405 g/mol. The van der Waals surface area contributed by atoms with Crippen LogP contribution in [0.2, 0.25) is 0 Å². The van der Waals surface area contributed by atoms with Crippen LogP contribution in [0.3, 0.4) is 0 Å². The van der Waals surface area contributed by atoms with Gasteiger partial charge in [0.15, 0.2) is 0 Å². The van der Waals surface area contributed by atoms with E-state index < -0.39 is 22.9 Å². The number of carbonyl (C=O) groups is 2. The van der Waals surface area contributed by atoms with Gasteiger partial charge in [-0.1, -0.05) is 45.1 Å². The first-order valence-corrected chi connectivity index (χ1v) is 10.3. The van der Waals surface area contributed by atoms with Crippen molar-refractivity contribution in [2.45, 2.75) is 38.5 Å². The van der Waals surface area contributed by atoms with E-state index in [0.717, 1.165) is 12.8 Å². The largest absolute Gasteiger partial charge is 0.478 e. The van der Waals surface area contributed by atoms with E-state index in [2.05, 4.69) is 18.8 Å². The Balaban J connectivity index is 3.06. The molecular weight excluding hydrogens is 376 g/mol. The number of aliphatic carboxylic acids is 1. The molecule has 0 heterocycles. The molecule has 1 unspecified atom stereocenters. The van der Waals surface area contributed by atoms with Crippen molar-refractivity contribution in [1.29, 1.82) is 0 Å². The standard InChI is InChI=1S/C21H28N2O4S/c1-5-9-14-23(8-4)28(27)17-13-10-12-16(15-17)20(24)22-19(7-3)18(11-6-2)21(25)26/h6-7,10-13,15H,2,5,8-9,14H2,1,3-4H3,(H,22,24)(H,25,26)/b18-11+,19-7+. The fourth-order valence-corrected chi connectivity index (χ4v) is 3.72. The highest BCUT2D eigenvalue weighted by Gasteiger charge is 2.18. The van der Waals surface area contributed by atoms with Gasteiger partial charge in [0.25, 0.3) is 5.91 Å². The Bertz CT molecular complexity index is 799. The molecule has 0 aliphatic heterocycles. The third kappa shape index (κ3) is 6.58. The molecule has 0 saturated carbocycles. The van der Waals surface area contributed by atoms with Gasteiger partial charge in [-0.2, -0.15) is 0 Å². The number of carboxylic acid groups (broad SMARTS) is 1. The molecule has 1 amide bonds. The fourth-order valence-electron chi connectivity index (χ4n) is 2.47. The van der Waals surface area contributed by atoms with Crippen molar-refractivity contribution in [2.75, 3.05) is 13.1 Å². The third-order valence-corrected chi connectivity index (χ3v) is 5.56. The SMILES string of the molecule is C=C/C=C(C(=O)O)\C(=C/C)NC(=O)c1cccc(S(=O)N(CC)CCCC)c1. The zero-order valence-corrected chi connectivity index (χ0v) is 17.4. The smallest absolute Gasteiger partial charge is 0.337 e. The van der Waals surface area contributed by atoms with Crippen LogP contribution in [-0.2, 0) is 15.8 Å². The Morgan fingerprint density at radius 2 is 2.04 bits per heavy atom. The van der Waals surface area contributed by atoms with Crippen LogP contribution in [-0.4, -0.2) is 38.6 Å². The number of nitrogens with one attached hydrogen (secondary N) is 1.